The molecule has 0 amide bonds. The number of hydrogen-bond donors (Lipinski definition) is 4. The Labute approximate surface area is 198 Å². The van der Waals surface area contributed by atoms with Crippen molar-refractivity contribution in [1.29, 1.82) is 0 Å². The van der Waals surface area contributed by atoms with Crippen LogP contribution in [0.1, 0.15) is 0 Å². The second-order valence-electron chi connectivity index (χ2n) is 8.23. The highest BCUT2D eigenvalue weighted by atomic mass is 14.7. The highest BCUT2D eigenvalue weighted by Gasteiger charge is 2.13. The topological polar surface area (TPSA) is 117 Å². The summed E-state index contributed by atoms with van der Waals surface area (Å²) < 4.78 is 0. The molecule has 0 unspecified atom stereocenters. The fourth-order valence-electron chi connectivity index (χ4n) is 4.05. The zero-order valence-corrected chi connectivity index (χ0v) is 18.6. The Hall–Kier alpha value is -4.77. The van der Waals surface area contributed by atoms with Crippen molar-refractivity contribution in [2.45, 2.75) is 0 Å². The zero-order valence-electron chi connectivity index (χ0n) is 18.6. The summed E-state index contributed by atoms with van der Waals surface area (Å²) in [6.07, 6.45) is 0. The lowest BCUT2D eigenvalue weighted by Crippen LogP contribution is -1.98. The lowest BCUT2D eigenvalue weighted by molar-refractivity contribution is 1.32. The molecular formula is C29H25N5. The van der Waals surface area contributed by atoms with Crippen molar-refractivity contribution in [2.24, 2.45) is 0 Å². The van der Waals surface area contributed by atoms with Gasteiger partial charge in [0.05, 0.1) is 34.1 Å². The summed E-state index contributed by atoms with van der Waals surface area (Å²) in [7, 11) is 0. The molecule has 0 spiro atoms. The maximum atomic E-state index is 6.11. The Morgan fingerprint density at radius 3 is 1.35 bits per heavy atom. The van der Waals surface area contributed by atoms with E-state index in [1.165, 1.54) is 0 Å². The van der Waals surface area contributed by atoms with E-state index in [2.05, 4.69) is 42.5 Å². The van der Waals surface area contributed by atoms with E-state index in [4.69, 9.17) is 27.9 Å². The number of nitrogen functional groups attached to an aromatic ring is 4. The number of anilines is 4. The molecule has 0 radical (unpaired) electrons. The zero-order chi connectivity index (χ0) is 23.7. The predicted molar refractivity (Wildman–Crippen MR) is 144 cm³/mol. The monoisotopic (exact) mass is 443 g/mol. The van der Waals surface area contributed by atoms with Gasteiger partial charge in [-0.3, -0.25) is 0 Å². The van der Waals surface area contributed by atoms with Crippen molar-refractivity contribution in [1.82, 2.24) is 4.98 Å². The predicted octanol–water partition coefficient (Wildman–Crippen LogP) is 6.08. The Kier molecular flexibility index (Phi) is 5.36. The van der Waals surface area contributed by atoms with Crippen molar-refractivity contribution in [3.05, 3.63) is 103 Å². The molecule has 1 heterocycles. The maximum absolute atomic E-state index is 6.11. The van der Waals surface area contributed by atoms with E-state index in [9.17, 15) is 0 Å². The summed E-state index contributed by atoms with van der Waals surface area (Å²) in [5.41, 5.74) is 34.0. The molecule has 34 heavy (non-hydrogen) atoms. The first-order valence-electron chi connectivity index (χ1n) is 11.0. The van der Waals surface area contributed by atoms with E-state index in [0.717, 1.165) is 44.8 Å². The SMILES string of the molecule is Nc1ccc(-c2cc(-c3ccccc3-c3ccccc3)cc(-c3ccc(N)c(N)c3)n2)cc1N. The molecule has 5 nitrogen and oxygen atoms in total. The molecule has 4 aromatic carbocycles. The van der Waals surface area contributed by atoms with E-state index in [1.54, 1.807) is 12.1 Å². The minimum atomic E-state index is 0.521. The van der Waals surface area contributed by atoms with Crippen molar-refractivity contribution in [3.8, 4) is 44.8 Å². The molecular weight excluding hydrogens is 418 g/mol. The van der Waals surface area contributed by atoms with E-state index < -0.39 is 0 Å². The molecule has 5 aromatic rings. The smallest absolute Gasteiger partial charge is 0.0716 e. The summed E-state index contributed by atoms with van der Waals surface area (Å²) in [6, 6.07) is 34.0. The van der Waals surface area contributed by atoms with Crippen LogP contribution in [0.4, 0.5) is 22.7 Å². The molecule has 5 heteroatoms. The van der Waals surface area contributed by atoms with Crippen LogP contribution in [0, 0.1) is 0 Å². The molecule has 1 aromatic heterocycles. The molecule has 0 fully saturated rings. The fourth-order valence-corrected chi connectivity index (χ4v) is 4.05. The average Bonchev–Trinajstić information content (AvgIpc) is 2.87. The lowest BCUT2D eigenvalue weighted by Gasteiger charge is -2.14. The summed E-state index contributed by atoms with van der Waals surface area (Å²) in [5.74, 6) is 0. The summed E-state index contributed by atoms with van der Waals surface area (Å²) in [4.78, 5) is 4.95. The third kappa shape index (κ3) is 4.02. The van der Waals surface area contributed by atoms with Crippen LogP contribution in [-0.2, 0) is 0 Å². The number of hydrogen-bond acceptors (Lipinski definition) is 5. The molecule has 166 valence electrons. The minimum Gasteiger partial charge on any atom is -0.397 e. The van der Waals surface area contributed by atoms with E-state index in [0.29, 0.717) is 22.7 Å². The van der Waals surface area contributed by atoms with Crippen LogP contribution in [0.15, 0.2) is 103 Å². The third-order valence-corrected chi connectivity index (χ3v) is 5.91. The first kappa shape index (κ1) is 21.1. The van der Waals surface area contributed by atoms with Crippen LogP contribution in [0.5, 0.6) is 0 Å². The third-order valence-electron chi connectivity index (χ3n) is 5.91. The lowest BCUT2D eigenvalue weighted by atomic mass is 9.93. The number of benzene rings is 4. The summed E-state index contributed by atoms with van der Waals surface area (Å²) in [5, 5.41) is 0. The largest absolute Gasteiger partial charge is 0.397 e. The molecule has 0 saturated heterocycles. The van der Waals surface area contributed by atoms with Crippen molar-refractivity contribution in [3.63, 3.8) is 0 Å². The van der Waals surface area contributed by atoms with Crippen molar-refractivity contribution in [2.75, 3.05) is 22.9 Å². The van der Waals surface area contributed by atoms with E-state index >= 15 is 0 Å². The van der Waals surface area contributed by atoms with Gasteiger partial charge < -0.3 is 22.9 Å². The van der Waals surface area contributed by atoms with Gasteiger partial charge in [0.25, 0.3) is 0 Å². The first-order chi connectivity index (χ1) is 16.5. The maximum Gasteiger partial charge on any atom is 0.0716 e. The highest BCUT2D eigenvalue weighted by Crippen LogP contribution is 2.37. The van der Waals surface area contributed by atoms with Crippen LogP contribution in [0.3, 0.4) is 0 Å². The van der Waals surface area contributed by atoms with Crippen molar-refractivity contribution >= 4 is 22.7 Å². The van der Waals surface area contributed by atoms with Gasteiger partial charge in [-0.05, 0) is 58.7 Å². The number of rotatable bonds is 4. The molecule has 0 atom stereocenters. The number of pyridine rings is 1. The molecule has 0 saturated carbocycles. The first-order valence-corrected chi connectivity index (χ1v) is 11.0. The molecule has 0 aliphatic rings. The van der Waals surface area contributed by atoms with Crippen LogP contribution in [0.25, 0.3) is 44.8 Å². The normalized spacial score (nSPS) is 10.8. The number of aromatic nitrogens is 1. The van der Waals surface area contributed by atoms with Gasteiger partial charge >= 0.3 is 0 Å². The fraction of sp³-hybridized carbons (Fsp3) is 0. The van der Waals surface area contributed by atoms with Crippen LogP contribution in [0.2, 0.25) is 0 Å². The van der Waals surface area contributed by atoms with Gasteiger partial charge in [-0.2, -0.15) is 0 Å². The van der Waals surface area contributed by atoms with Gasteiger partial charge in [0.2, 0.25) is 0 Å². The van der Waals surface area contributed by atoms with E-state index in [1.807, 2.05) is 48.5 Å². The molecule has 0 aliphatic carbocycles. The van der Waals surface area contributed by atoms with Gasteiger partial charge in [0.15, 0.2) is 0 Å². The van der Waals surface area contributed by atoms with Gasteiger partial charge in [0, 0.05) is 11.1 Å². The second kappa shape index (κ2) is 8.64. The van der Waals surface area contributed by atoms with Crippen LogP contribution >= 0.6 is 0 Å². The summed E-state index contributed by atoms with van der Waals surface area (Å²) in [6.45, 7) is 0. The summed E-state index contributed by atoms with van der Waals surface area (Å²) >= 11 is 0. The number of nitrogens with zero attached hydrogens (tertiary/aromatic N) is 1. The molecule has 8 N–H and O–H groups in total. The van der Waals surface area contributed by atoms with Gasteiger partial charge in [-0.25, -0.2) is 4.98 Å². The number of nitrogens with two attached hydrogens (primary N) is 4. The molecule has 5 rings (SSSR count). The second-order valence-corrected chi connectivity index (χ2v) is 8.23. The highest BCUT2D eigenvalue weighted by molar-refractivity contribution is 5.87. The van der Waals surface area contributed by atoms with E-state index in [-0.39, 0.29) is 0 Å². The Morgan fingerprint density at radius 1 is 0.382 bits per heavy atom. The molecule has 0 aliphatic heterocycles. The molecule has 0 bridgehead atoms. The van der Waals surface area contributed by atoms with Crippen LogP contribution in [-0.4, -0.2) is 4.98 Å². The quantitative estimate of drug-likeness (QED) is 0.251. The van der Waals surface area contributed by atoms with Gasteiger partial charge in [0.1, 0.15) is 0 Å². The minimum absolute atomic E-state index is 0.521. The van der Waals surface area contributed by atoms with Crippen LogP contribution < -0.4 is 22.9 Å². The average molecular weight is 444 g/mol. The standard InChI is InChI=1S/C29H25N5/c30-24-12-10-19(14-26(24)32)28-16-21(17-29(34-28)20-11-13-25(31)27(33)15-20)23-9-5-4-8-22(23)18-6-2-1-3-7-18/h1-17H,30-33H2. The van der Waals surface area contributed by atoms with Crippen molar-refractivity contribution < 1.29 is 0 Å². The van der Waals surface area contributed by atoms with Gasteiger partial charge in [-0.1, -0.05) is 66.7 Å². The Morgan fingerprint density at radius 2 is 0.853 bits per heavy atom. The van der Waals surface area contributed by atoms with Gasteiger partial charge in [-0.15, -0.1) is 0 Å². The Balaban J connectivity index is 1.75. The Bertz CT molecular complexity index is 1420.